The van der Waals surface area contributed by atoms with E-state index in [1.165, 1.54) is 16.3 Å². The van der Waals surface area contributed by atoms with Crippen LogP contribution in [0, 0.1) is 0 Å². The number of likely N-dealkylation sites (N-methyl/N-ethyl adjacent to an activating group) is 1. The van der Waals surface area contributed by atoms with Crippen molar-refractivity contribution in [1.29, 1.82) is 0 Å². The number of Topliss-reactive ketones (excluding diaryl/α,β-unsaturated/α-hetero) is 1. The molecule has 3 aromatic rings. The van der Waals surface area contributed by atoms with E-state index in [9.17, 15) is 18.0 Å². The third-order valence-corrected chi connectivity index (χ3v) is 8.59. The number of piperazine rings is 1. The van der Waals surface area contributed by atoms with Crippen molar-refractivity contribution in [2.75, 3.05) is 51.8 Å². The molecule has 39 heavy (non-hydrogen) atoms. The van der Waals surface area contributed by atoms with Gasteiger partial charge in [-0.1, -0.05) is 42.5 Å². The van der Waals surface area contributed by atoms with Gasteiger partial charge in [0.1, 0.15) is 0 Å². The van der Waals surface area contributed by atoms with E-state index in [-0.39, 0.29) is 29.6 Å². The van der Waals surface area contributed by atoms with E-state index in [1.54, 1.807) is 60.7 Å². The molecule has 3 aromatic carbocycles. The van der Waals surface area contributed by atoms with Crippen molar-refractivity contribution in [3.05, 3.63) is 90.0 Å². The summed E-state index contributed by atoms with van der Waals surface area (Å²) in [6.07, 6.45) is 0.612. The number of nitrogens with zero attached hydrogens (tertiary/aromatic N) is 3. The van der Waals surface area contributed by atoms with Gasteiger partial charge < -0.3 is 4.90 Å². The average molecular weight is 552 g/mol. The first-order valence-electron chi connectivity index (χ1n) is 12.7. The SMILES string of the molecule is COOCC(=O)N(c1ccccc1)c1ccccc1C(=O)CCc1ccc(S(=O)(=O)N2CCN(C)CC2)cc1. The summed E-state index contributed by atoms with van der Waals surface area (Å²) in [7, 11) is -0.247. The first-order chi connectivity index (χ1) is 18.8. The highest BCUT2D eigenvalue weighted by Gasteiger charge is 2.27. The van der Waals surface area contributed by atoms with Crippen LogP contribution in [-0.2, 0) is 31.0 Å². The number of amides is 1. The highest BCUT2D eigenvalue weighted by Crippen LogP contribution is 2.30. The Hall–Kier alpha value is -3.41. The molecular formula is C29H33N3O6S. The molecule has 0 spiro atoms. The molecule has 0 atom stereocenters. The van der Waals surface area contributed by atoms with Crippen LogP contribution in [0.1, 0.15) is 22.3 Å². The lowest BCUT2D eigenvalue weighted by atomic mass is 10.0. The summed E-state index contributed by atoms with van der Waals surface area (Å²) in [6.45, 7) is 2.02. The van der Waals surface area contributed by atoms with E-state index in [4.69, 9.17) is 4.89 Å². The van der Waals surface area contributed by atoms with Gasteiger partial charge in [-0.05, 0) is 55.4 Å². The van der Waals surface area contributed by atoms with E-state index < -0.39 is 10.0 Å². The minimum atomic E-state index is -3.55. The van der Waals surface area contributed by atoms with E-state index in [0.29, 0.717) is 49.5 Å². The predicted molar refractivity (Wildman–Crippen MR) is 148 cm³/mol. The van der Waals surface area contributed by atoms with Gasteiger partial charge >= 0.3 is 0 Å². The van der Waals surface area contributed by atoms with Crippen LogP contribution in [0.4, 0.5) is 11.4 Å². The lowest BCUT2D eigenvalue weighted by Gasteiger charge is -2.31. The molecule has 9 nitrogen and oxygen atoms in total. The van der Waals surface area contributed by atoms with Crippen molar-refractivity contribution in [2.24, 2.45) is 0 Å². The summed E-state index contributed by atoms with van der Waals surface area (Å²) in [4.78, 5) is 39.7. The Balaban J connectivity index is 1.49. The van der Waals surface area contributed by atoms with E-state index >= 15 is 0 Å². The number of benzene rings is 3. The van der Waals surface area contributed by atoms with Crippen molar-refractivity contribution in [1.82, 2.24) is 9.21 Å². The fraction of sp³-hybridized carbons (Fsp3) is 0.310. The Morgan fingerprint density at radius 2 is 1.51 bits per heavy atom. The molecule has 1 saturated heterocycles. The molecule has 4 rings (SSSR count). The standard InChI is InChI=1S/C29H33N3O6S/c1-30-18-20-31(21-19-30)39(35,36)25-15-12-23(13-16-25)14-17-28(33)26-10-6-7-11-27(26)32(29(34)22-38-37-2)24-8-4-3-5-9-24/h3-13,15-16H,14,17-22H2,1-2H3. The number of hydrogen-bond donors (Lipinski definition) is 0. The maximum absolute atomic E-state index is 13.4. The van der Waals surface area contributed by atoms with Gasteiger partial charge in [0.25, 0.3) is 5.91 Å². The van der Waals surface area contributed by atoms with Gasteiger partial charge in [-0.25, -0.2) is 18.2 Å². The Bertz CT molecular complexity index is 1370. The highest BCUT2D eigenvalue weighted by atomic mass is 32.2. The average Bonchev–Trinajstić information content (AvgIpc) is 2.96. The van der Waals surface area contributed by atoms with Crippen LogP contribution in [0.25, 0.3) is 0 Å². The van der Waals surface area contributed by atoms with Crippen molar-refractivity contribution in [3.8, 4) is 0 Å². The molecule has 1 heterocycles. The molecule has 1 amide bonds. The summed E-state index contributed by atoms with van der Waals surface area (Å²) >= 11 is 0. The molecule has 0 aromatic heterocycles. The normalized spacial score (nSPS) is 14.7. The van der Waals surface area contributed by atoms with Crippen LogP contribution in [0.2, 0.25) is 0 Å². The first-order valence-corrected chi connectivity index (χ1v) is 14.2. The van der Waals surface area contributed by atoms with Crippen LogP contribution >= 0.6 is 0 Å². The number of sulfonamides is 1. The number of rotatable bonds is 11. The minimum absolute atomic E-state index is 0.138. The van der Waals surface area contributed by atoms with Gasteiger partial charge in [0.2, 0.25) is 10.0 Å². The molecule has 10 heteroatoms. The van der Waals surface area contributed by atoms with Crippen LogP contribution in [0.15, 0.2) is 83.8 Å². The molecule has 206 valence electrons. The fourth-order valence-electron chi connectivity index (χ4n) is 4.47. The fourth-order valence-corrected chi connectivity index (χ4v) is 5.89. The monoisotopic (exact) mass is 551 g/mol. The Labute approximate surface area is 229 Å². The Morgan fingerprint density at radius 3 is 2.18 bits per heavy atom. The number of anilines is 2. The first kappa shape index (κ1) is 28.6. The van der Waals surface area contributed by atoms with E-state index in [1.807, 2.05) is 25.2 Å². The van der Waals surface area contributed by atoms with Crippen LogP contribution in [0.3, 0.4) is 0 Å². The summed E-state index contributed by atoms with van der Waals surface area (Å²) in [5, 5.41) is 0. The molecule has 0 saturated carbocycles. The molecule has 1 aliphatic rings. The number of para-hydroxylation sites is 2. The summed E-state index contributed by atoms with van der Waals surface area (Å²) < 4.78 is 27.5. The van der Waals surface area contributed by atoms with Crippen molar-refractivity contribution in [2.45, 2.75) is 17.7 Å². The second-order valence-corrected chi connectivity index (χ2v) is 11.2. The van der Waals surface area contributed by atoms with Crippen molar-refractivity contribution < 1.29 is 27.8 Å². The molecule has 0 N–H and O–H groups in total. The molecule has 0 bridgehead atoms. The van der Waals surface area contributed by atoms with Crippen LogP contribution in [-0.4, -0.2) is 76.3 Å². The number of aryl methyl sites for hydroxylation is 1. The quantitative estimate of drug-likeness (QED) is 0.204. The maximum Gasteiger partial charge on any atom is 0.260 e. The van der Waals surface area contributed by atoms with Crippen molar-refractivity contribution >= 4 is 33.1 Å². The largest absolute Gasteiger partial charge is 0.304 e. The van der Waals surface area contributed by atoms with Gasteiger partial charge in [-0.15, -0.1) is 0 Å². The molecule has 1 aliphatic heterocycles. The molecular weight excluding hydrogens is 518 g/mol. The topological polar surface area (TPSA) is 96.5 Å². The summed E-state index contributed by atoms with van der Waals surface area (Å²) in [6, 6.07) is 22.7. The Morgan fingerprint density at radius 1 is 0.872 bits per heavy atom. The second-order valence-electron chi connectivity index (χ2n) is 9.29. The van der Waals surface area contributed by atoms with Gasteiger partial charge in [0.15, 0.2) is 12.4 Å². The molecule has 0 unspecified atom stereocenters. The summed E-state index contributed by atoms with van der Waals surface area (Å²) in [5.41, 5.74) is 2.30. The van der Waals surface area contributed by atoms with Gasteiger partial charge in [0.05, 0.1) is 17.7 Å². The van der Waals surface area contributed by atoms with Crippen LogP contribution in [0.5, 0.6) is 0 Å². The zero-order valence-electron chi connectivity index (χ0n) is 22.2. The third-order valence-electron chi connectivity index (χ3n) is 6.67. The second kappa shape index (κ2) is 13.1. The zero-order chi connectivity index (χ0) is 27.8. The lowest BCUT2D eigenvalue weighted by molar-refractivity contribution is -0.266. The van der Waals surface area contributed by atoms with Gasteiger partial charge in [-0.3, -0.25) is 14.5 Å². The van der Waals surface area contributed by atoms with Gasteiger partial charge in [0, 0.05) is 43.9 Å². The van der Waals surface area contributed by atoms with E-state index in [0.717, 1.165) is 5.56 Å². The Kier molecular flexibility index (Phi) is 9.60. The maximum atomic E-state index is 13.4. The highest BCUT2D eigenvalue weighted by molar-refractivity contribution is 7.89. The smallest absolute Gasteiger partial charge is 0.260 e. The number of carbonyl (C=O) groups excluding carboxylic acids is 2. The number of hydrogen-bond acceptors (Lipinski definition) is 7. The molecule has 1 fully saturated rings. The minimum Gasteiger partial charge on any atom is -0.304 e. The van der Waals surface area contributed by atoms with E-state index in [2.05, 4.69) is 9.79 Å². The molecule has 0 aliphatic carbocycles. The molecule has 0 radical (unpaired) electrons. The lowest BCUT2D eigenvalue weighted by Crippen LogP contribution is -2.46. The zero-order valence-corrected chi connectivity index (χ0v) is 23.0. The number of ketones is 1. The number of carbonyl (C=O) groups is 2. The predicted octanol–water partition coefficient (Wildman–Crippen LogP) is 3.68. The summed E-state index contributed by atoms with van der Waals surface area (Å²) in [5.74, 6) is -0.526. The van der Waals surface area contributed by atoms with Crippen molar-refractivity contribution in [3.63, 3.8) is 0 Å². The van der Waals surface area contributed by atoms with Gasteiger partial charge in [-0.2, -0.15) is 4.31 Å². The van der Waals surface area contributed by atoms with Crippen LogP contribution < -0.4 is 4.90 Å². The third kappa shape index (κ3) is 6.97.